The monoisotopic (exact) mass is 333 g/mol. The first-order chi connectivity index (χ1) is 10.9. The van der Waals surface area contributed by atoms with E-state index in [9.17, 15) is 13.5 Å². The van der Waals surface area contributed by atoms with E-state index in [4.69, 9.17) is 0 Å². The topological polar surface area (TPSA) is 83.7 Å². The number of aromatic nitrogens is 1. The van der Waals surface area contributed by atoms with Crippen LogP contribution in [-0.2, 0) is 16.6 Å². The number of benzene rings is 1. The van der Waals surface area contributed by atoms with Gasteiger partial charge in [0.25, 0.3) is 10.0 Å². The van der Waals surface area contributed by atoms with Crippen molar-refractivity contribution >= 4 is 21.5 Å². The normalized spacial score (nSPS) is 15.9. The number of anilines is 1. The Morgan fingerprint density at radius 3 is 2.74 bits per heavy atom. The maximum absolute atomic E-state index is 12.3. The molecule has 0 aliphatic carbocycles. The Bertz CT molecular complexity index is 866. The molecule has 23 heavy (non-hydrogen) atoms. The molecule has 3 rings (SSSR count). The van der Waals surface area contributed by atoms with Gasteiger partial charge >= 0.3 is 0 Å². The molecule has 0 saturated carbocycles. The molecule has 2 aromatic rings. The van der Waals surface area contributed by atoms with Crippen LogP contribution in [0.3, 0.4) is 0 Å². The van der Waals surface area contributed by atoms with Crippen molar-refractivity contribution in [2.45, 2.75) is 31.7 Å². The van der Waals surface area contributed by atoms with E-state index in [1.165, 1.54) is 6.07 Å². The molecule has 1 aliphatic heterocycles. The minimum absolute atomic E-state index is 0.00888. The van der Waals surface area contributed by atoms with Crippen LogP contribution in [0.15, 0.2) is 46.0 Å². The molecule has 122 valence electrons. The Balaban J connectivity index is 1.96. The van der Waals surface area contributed by atoms with Crippen LogP contribution >= 0.6 is 0 Å². The quantitative estimate of drug-likeness (QED) is 0.901. The summed E-state index contributed by atoms with van der Waals surface area (Å²) in [4.78, 5) is 0.141. The highest BCUT2D eigenvalue weighted by molar-refractivity contribution is 7.90. The summed E-state index contributed by atoms with van der Waals surface area (Å²) in [6.07, 6.45) is 4.27. The molecule has 0 radical (unpaired) electrons. The second kappa shape index (κ2) is 5.73. The molecule has 7 heteroatoms. The Morgan fingerprint density at radius 2 is 2.00 bits per heavy atom. The minimum atomic E-state index is -3.77. The van der Waals surface area contributed by atoms with Gasteiger partial charge in [-0.15, -0.1) is 4.40 Å². The Hall–Kier alpha value is -2.28. The molecule has 2 heterocycles. The van der Waals surface area contributed by atoms with E-state index in [2.05, 4.69) is 23.6 Å². The number of hydrogen-bond donors (Lipinski definition) is 2. The molecule has 1 aromatic carbocycles. The molecule has 1 aromatic heterocycles. The van der Waals surface area contributed by atoms with Crippen LogP contribution < -0.4 is 5.32 Å². The molecule has 6 nitrogen and oxygen atoms in total. The molecule has 2 N–H and O–H groups in total. The zero-order valence-electron chi connectivity index (χ0n) is 13.0. The Labute approximate surface area is 135 Å². The van der Waals surface area contributed by atoms with Crippen molar-refractivity contribution in [1.29, 1.82) is 0 Å². The first kappa shape index (κ1) is 15.6. The number of hydrogen-bond acceptors (Lipinski definition) is 4. The summed E-state index contributed by atoms with van der Waals surface area (Å²) in [5.74, 6) is 0.694. The molecule has 1 aliphatic rings. The average Bonchev–Trinajstić information content (AvgIpc) is 2.85. The number of fused-ring (bicyclic) bond motifs is 1. The van der Waals surface area contributed by atoms with E-state index in [0.29, 0.717) is 17.2 Å². The fourth-order valence-corrected chi connectivity index (χ4v) is 3.58. The maximum atomic E-state index is 12.3. The SMILES string of the molecule is CC(C)CCn1cc(O)c(C2=NS(=O)(=O)c3ccccc3N2)c1. The van der Waals surface area contributed by atoms with Crippen molar-refractivity contribution in [2.24, 2.45) is 10.3 Å². The van der Waals surface area contributed by atoms with Crippen molar-refractivity contribution in [3.63, 3.8) is 0 Å². The van der Waals surface area contributed by atoms with Gasteiger partial charge in [0.1, 0.15) is 10.6 Å². The average molecular weight is 333 g/mol. The fourth-order valence-electron chi connectivity index (χ4n) is 2.45. The van der Waals surface area contributed by atoms with Crippen molar-refractivity contribution in [3.05, 3.63) is 42.2 Å². The number of para-hydroxylation sites is 1. The molecule has 0 saturated heterocycles. The van der Waals surface area contributed by atoms with Gasteiger partial charge in [0.2, 0.25) is 0 Å². The van der Waals surface area contributed by atoms with Crippen molar-refractivity contribution in [1.82, 2.24) is 4.57 Å². The number of nitrogens with zero attached hydrogens (tertiary/aromatic N) is 2. The highest BCUT2D eigenvalue weighted by Gasteiger charge is 2.26. The van der Waals surface area contributed by atoms with Gasteiger partial charge < -0.3 is 15.0 Å². The predicted molar refractivity (Wildman–Crippen MR) is 89.3 cm³/mol. The molecular weight excluding hydrogens is 314 g/mol. The smallest absolute Gasteiger partial charge is 0.286 e. The molecule has 0 unspecified atom stereocenters. The van der Waals surface area contributed by atoms with Crippen LogP contribution in [-0.4, -0.2) is 23.9 Å². The van der Waals surface area contributed by atoms with Crippen LogP contribution in [0.4, 0.5) is 5.69 Å². The highest BCUT2D eigenvalue weighted by Crippen LogP contribution is 2.30. The summed E-state index contributed by atoms with van der Waals surface area (Å²) >= 11 is 0. The summed E-state index contributed by atoms with van der Waals surface area (Å²) in [7, 11) is -3.77. The van der Waals surface area contributed by atoms with E-state index in [0.717, 1.165) is 13.0 Å². The number of rotatable bonds is 4. The van der Waals surface area contributed by atoms with E-state index >= 15 is 0 Å². The van der Waals surface area contributed by atoms with E-state index in [1.54, 1.807) is 30.6 Å². The number of sulfonamides is 1. The second-order valence-corrected chi connectivity index (χ2v) is 7.59. The largest absolute Gasteiger partial charge is 0.506 e. The van der Waals surface area contributed by atoms with Gasteiger partial charge in [-0.1, -0.05) is 26.0 Å². The van der Waals surface area contributed by atoms with E-state index < -0.39 is 10.0 Å². The lowest BCUT2D eigenvalue weighted by Crippen LogP contribution is -2.22. The van der Waals surface area contributed by atoms with E-state index in [1.807, 2.05) is 4.57 Å². The van der Waals surface area contributed by atoms with E-state index in [-0.39, 0.29) is 16.5 Å². The summed E-state index contributed by atoms with van der Waals surface area (Å²) in [5.41, 5.74) is 0.846. The van der Waals surface area contributed by atoms with Gasteiger partial charge in [-0.3, -0.25) is 0 Å². The van der Waals surface area contributed by atoms with Crippen LogP contribution in [0.5, 0.6) is 5.75 Å². The molecule has 0 fully saturated rings. The lowest BCUT2D eigenvalue weighted by Gasteiger charge is -2.17. The van der Waals surface area contributed by atoms with Crippen molar-refractivity contribution in [2.75, 3.05) is 5.32 Å². The molecule has 0 bridgehead atoms. The summed E-state index contributed by atoms with van der Waals surface area (Å²) in [5, 5.41) is 13.1. The predicted octanol–water partition coefficient (Wildman–Crippen LogP) is 2.80. The third-order valence-corrected chi connectivity index (χ3v) is 5.04. The van der Waals surface area contributed by atoms with Crippen molar-refractivity contribution < 1.29 is 13.5 Å². The molecular formula is C16H19N3O3S. The van der Waals surface area contributed by atoms with Crippen LogP contribution in [0, 0.1) is 5.92 Å². The first-order valence-corrected chi connectivity index (χ1v) is 8.91. The summed E-state index contributed by atoms with van der Waals surface area (Å²) in [6.45, 7) is 5.00. The van der Waals surface area contributed by atoms with Gasteiger partial charge in [-0.05, 0) is 24.5 Å². The first-order valence-electron chi connectivity index (χ1n) is 7.47. The van der Waals surface area contributed by atoms with Gasteiger partial charge in [-0.2, -0.15) is 8.42 Å². The Kier molecular flexibility index (Phi) is 3.89. The number of amidine groups is 1. The van der Waals surface area contributed by atoms with Gasteiger partial charge in [-0.25, -0.2) is 0 Å². The minimum Gasteiger partial charge on any atom is -0.506 e. The Morgan fingerprint density at radius 1 is 1.26 bits per heavy atom. The van der Waals surface area contributed by atoms with Crippen molar-refractivity contribution in [3.8, 4) is 5.75 Å². The summed E-state index contributed by atoms with van der Waals surface area (Å²) in [6, 6.07) is 6.58. The van der Waals surface area contributed by atoms with Gasteiger partial charge in [0.05, 0.1) is 11.3 Å². The zero-order chi connectivity index (χ0) is 16.6. The number of aryl methyl sites for hydroxylation is 1. The van der Waals surface area contributed by atoms with Gasteiger partial charge in [0, 0.05) is 18.9 Å². The number of nitrogens with one attached hydrogen (secondary N) is 1. The maximum Gasteiger partial charge on any atom is 0.286 e. The van der Waals surface area contributed by atoms with Crippen LogP contribution in [0.25, 0.3) is 0 Å². The molecule has 0 spiro atoms. The second-order valence-electron chi connectivity index (χ2n) is 6.01. The third-order valence-electron chi connectivity index (χ3n) is 3.71. The lowest BCUT2D eigenvalue weighted by molar-refractivity contribution is 0.468. The summed E-state index contributed by atoms with van der Waals surface area (Å²) < 4.78 is 30.2. The number of aromatic hydroxyl groups is 1. The lowest BCUT2D eigenvalue weighted by atomic mass is 10.1. The zero-order valence-corrected chi connectivity index (χ0v) is 13.8. The van der Waals surface area contributed by atoms with Gasteiger partial charge in [0.15, 0.2) is 5.84 Å². The van der Waals surface area contributed by atoms with Crippen LogP contribution in [0.2, 0.25) is 0 Å². The van der Waals surface area contributed by atoms with Crippen LogP contribution in [0.1, 0.15) is 25.8 Å². The standard InChI is InChI=1S/C16H19N3O3S/c1-11(2)7-8-19-9-12(14(20)10-19)16-17-13-5-3-4-6-15(13)23(21,22)18-16/h3-6,9-11,20H,7-8H2,1-2H3,(H,17,18). The molecule has 0 atom stereocenters. The fraction of sp³-hybridized carbons (Fsp3) is 0.312. The highest BCUT2D eigenvalue weighted by atomic mass is 32.2. The molecule has 0 amide bonds. The third kappa shape index (κ3) is 3.10.